The van der Waals surface area contributed by atoms with Crippen molar-refractivity contribution < 1.29 is 14.7 Å². The lowest BCUT2D eigenvalue weighted by atomic mass is 10.1. The molecule has 0 aliphatic carbocycles. The topological polar surface area (TPSA) is 170 Å². The number of hydrogen-bond donors (Lipinski definition) is 4. The van der Waals surface area contributed by atoms with E-state index in [-0.39, 0.29) is 24.9 Å². The molecule has 0 radical (unpaired) electrons. The first-order valence-corrected chi connectivity index (χ1v) is 12.3. The first-order chi connectivity index (χ1) is 18.2. The van der Waals surface area contributed by atoms with Crippen LogP contribution < -0.4 is 15.8 Å². The van der Waals surface area contributed by atoms with Gasteiger partial charge in [0, 0.05) is 28.7 Å². The molecule has 38 heavy (non-hydrogen) atoms. The molecule has 0 aliphatic heterocycles. The Morgan fingerprint density at radius 2 is 2.03 bits per heavy atom. The summed E-state index contributed by atoms with van der Waals surface area (Å²) in [7, 11) is 0. The maximum absolute atomic E-state index is 12.7. The fourth-order valence-electron chi connectivity index (χ4n) is 3.88. The molecule has 12 nitrogen and oxygen atoms in total. The molecule has 4 rings (SSSR count). The third-order valence-corrected chi connectivity index (χ3v) is 6.52. The van der Waals surface area contributed by atoms with Crippen molar-refractivity contribution in [1.29, 1.82) is 0 Å². The zero-order chi connectivity index (χ0) is 27.2. The predicted molar refractivity (Wildman–Crippen MR) is 143 cm³/mol. The van der Waals surface area contributed by atoms with Crippen LogP contribution in [0.25, 0.3) is 10.9 Å². The minimum atomic E-state index is -1.16. The summed E-state index contributed by atoms with van der Waals surface area (Å²) in [4.78, 5) is 45.8. The van der Waals surface area contributed by atoms with Crippen LogP contribution in [0, 0.1) is 19.3 Å². The van der Waals surface area contributed by atoms with Gasteiger partial charge in [-0.15, -0.1) is 16.6 Å². The molecular formula is C25H23BrN8O4. The van der Waals surface area contributed by atoms with Crippen molar-refractivity contribution in [1.82, 2.24) is 35.9 Å². The number of aromatic amines is 2. The molecule has 2 aromatic heterocycles. The maximum Gasteiger partial charge on any atom is 0.326 e. The number of aliphatic carboxylic acids is 1. The van der Waals surface area contributed by atoms with E-state index in [1.54, 1.807) is 43.3 Å². The van der Waals surface area contributed by atoms with Crippen LogP contribution in [0.4, 0.5) is 5.69 Å². The van der Waals surface area contributed by atoms with Gasteiger partial charge in [-0.1, -0.05) is 27.1 Å². The molecule has 0 unspecified atom stereocenters. The number of anilines is 1. The summed E-state index contributed by atoms with van der Waals surface area (Å²) in [6, 6.07) is 9.10. The molecule has 194 valence electrons. The molecule has 0 bridgehead atoms. The average Bonchev–Trinajstić information content (AvgIpc) is 3.40. The molecule has 0 saturated carbocycles. The minimum Gasteiger partial charge on any atom is -0.480 e. The van der Waals surface area contributed by atoms with Crippen molar-refractivity contribution in [2.24, 2.45) is 0 Å². The summed E-state index contributed by atoms with van der Waals surface area (Å²) in [5.41, 5.74) is 2.22. The predicted octanol–water partition coefficient (Wildman–Crippen LogP) is 1.96. The van der Waals surface area contributed by atoms with Gasteiger partial charge in [-0.3, -0.25) is 9.59 Å². The Labute approximate surface area is 225 Å². The number of aromatic nitrogens is 6. The van der Waals surface area contributed by atoms with Crippen LogP contribution in [-0.4, -0.2) is 60.2 Å². The Balaban J connectivity index is 1.49. The number of amides is 1. The molecule has 4 aromatic rings. The van der Waals surface area contributed by atoms with Gasteiger partial charge < -0.3 is 20.3 Å². The number of carboxylic acid groups (broad SMARTS) is 1. The number of halogens is 1. The zero-order valence-corrected chi connectivity index (χ0v) is 21.8. The second-order valence-electron chi connectivity index (χ2n) is 8.45. The van der Waals surface area contributed by atoms with Gasteiger partial charge in [-0.25, -0.2) is 9.78 Å². The van der Waals surface area contributed by atoms with E-state index in [9.17, 15) is 19.5 Å². The first-order valence-electron chi connectivity index (χ1n) is 11.5. The molecule has 0 aliphatic rings. The van der Waals surface area contributed by atoms with Crippen molar-refractivity contribution in [2.75, 3.05) is 11.4 Å². The number of carbonyl (C=O) groups is 2. The number of H-pyrrole nitrogens is 2. The minimum absolute atomic E-state index is 0.104. The largest absolute Gasteiger partial charge is 0.480 e. The number of rotatable bonds is 10. The maximum atomic E-state index is 12.7. The van der Waals surface area contributed by atoms with E-state index in [0.29, 0.717) is 34.7 Å². The summed E-state index contributed by atoms with van der Waals surface area (Å²) in [5, 5.41) is 25.8. The number of hydrogen-bond acceptors (Lipinski definition) is 8. The summed E-state index contributed by atoms with van der Waals surface area (Å²) < 4.78 is 0.779. The van der Waals surface area contributed by atoms with Crippen LogP contribution in [0.1, 0.15) is 34.0 Å². The van der Waals surface area contributed by atoms with Crippen LogP contribution in [0.3, 0.4) is 0 Å². The number of benzene rings is 2. The normalized spacial score (nSPS) is 11.6. The van der Waals surface area contributed by atoms with Crippen molar-refractivity contribution in [2.45, 2.75) is 32.4 Å². The molecule has 4 N–H and O–H groups in total. The standard InChI is InChI=1S/C25H23BrN8O4/c1-3-10-34(13-16-11-18-21(12-19(16)26)27-14(2)28-24(18)36)17-6-4-15(5-7-17)23(35)29-20(25(37)38)8-9-22-30-32-33-31-22/h1,4-7,11-12,20H,8-10,13H2,2H3,(H,29,35)(H,37,38)(H,27,28,36)(H,30,31,32,33)/t20-/m0/s1. The van der Waals surface area contributed by atoms with Gasteiger partial charge in [-0.05, 0) is 55.3 Å². The van der Waals surface area contributed by atoms with Crippen molar-refractivity contribution in [3.8, 4) is 12.3 Å². The number of nitrogens with zero attached hydrogens (tertiary/aromatic N) is 5. The third-order valence-electron chi connectivity index (χ3n) is 5.78. The zero-order valence-electron chi connectivity index (χ0n) is 20.2. The lowest BCUT2D eigenvalue weighted by Crippen LogP contribution is -2.41. The Morgan fingerprint density at radius 1 is 1.26 bits per heavy atom. The highest BCUT2D eigenvalue weighted by Gasteiger charge is 2.21. The van der Waals surface area contributed by atoms with E-state index < -0.39 is 17.9 Å². The summed E-state index contributed by atoms with van der Waals surface area (Å²) in [6.07, 6.45) is 5.95. The van der Waals surface area contributed by atoms with Gasteiger partial charge in [0.1, 0.15) is 11.9 Å². The highest BCUT2D eigenvalue weighted by atomic mass is 79.9. The Hall–Kier alpha value is -4.57. The van der Waals surface area contributed by atoms with Gasteiger partial charge in [0.05, 0.1) is 17.4 Å². The van der Waals surface area contributed by atoms with E-state index in [2.05, 4.69) is 57.8 Å². The van der Waals surface area contributed by atoms with Gasteiger partial charge >= 0.3 is 5.97 Å². The molecule has 2 aromatic carbocycles. The number of carboxylic acids is 1. The van der Waals surface area contributed by atoms with Crippen LogP contribution in [0.5, 0.6) is 0 Å². The molecule has 2 heterocycles. The van der Waals surface area contributed by atoms with Crippen LogP contribution in [-0.2, 0) is 17.8 Å². The molecule has 13 heteroatoms. The number of terminal acetylenes is 1. The van der Waals surface area contributed by atoms with E-state index in [1.807, 2.05) is 4.90 Å². The SMILES string of the molecule is C#CCN(Cc1cc2c(=O)[nH]c(C)nc2cc1Br)c1ccc(C(=O)N[C@@H](CCc2nn[nH]n2)C(=O)O)cc1. The fourth-order valence-corrected chi connectivity index (χ4v) is 4.34. The van der Waals surface area contributed by atoms with Crippen molar-refractivity contribution in [3.63, 3.8) is 0 Å². The molecule has 0 saturated heterocycles. The van der Waals surface area contributed by atoms with E-state index in [4.69, 9.17) is 6.42 Å². The molecule has 1 atom stereocenters. The average molecular weight is 579 g/mol. The number of aryl methyl sites for hydroxylation is 2. The van der Waals surface area contributed by atoms with Gasteiger partial charge in [0.15, 0.2) is 5.82 Å². The van der Waals surface area contributed by atoms with Gasteiger partial charge in [-0.2, -0.15) is 5.21 Å². The Bertz CT molecular complexity index is 1560. The summed E-state index contributed by atoms with van der Waals surface area (Å²) in [5.74, 6) is 1.83. The van der Waals surface area contributed by atoms with E-state index in [0.717, 1.165) is 15.7 Å². The molecule has 0 fully saturated rings. The van der Waals surface area contributed by atoms with Gasteiger partial charge in [0.25, 0.3) is 11.5 Å². The fraction of sp³-hybridized carbons (Fsp3) is 0.240. The smallest absolute Gasteiger partial charge is 0.326 e. The van der Waals surface area contributed by atoms with Crippen LogP contribution >= 0.6 is 15.9 Å². The van der Waals surface area contributed by atoms with Crippen LogP contribution in [0.15, 0.2) is 45.7 Å². The number of carbonyl (C=O) groups excluding carboxylic acids is 1. The Kier molecular flexibility index (Phi) is 8.12. The second-order valence-corrected chi connectivity index (χ2v) is 9.30. The lowest BCUT2D eigenvalue weighted by molar-refractivity contribution is -0.139. The van der Waals surface area contributed by atoms with Crippen molar-refractivity contribution >= 4 is 44.4 Å². The van der Waals surface area contributed by atoms with Crippen molar-refractivity contribution in [3.05, 3.63) is 74.0 Å². The quantitative estimate of drug-likeness (QED) is 0.205. The molecule has 0 spiro atoms. The highest BCUT2D eigenvalue weighted by molar-refractivity contribution is 9.10. The van der Waals surface area contributed by atoms with E-state index in [1.165, 1.54) is 0 Å². The van der Waals surface area contributed by atoms with E-state index >= 15 is 0 Å². The number of fused-ring (bicyclic) bond motifs is 1. The molecule has 1 amide bonds. The van der Waals surface area contributed by atoms with Crippen LogP contribution in [0.2, 0.25) is 0 Å². The summed E-state index contributed by atoms with van der Waals surface area (Å²) >= 11 is 3.56. The first kappa shape index (κ1) is 26.5. The highest BCUT2D eigenvalue weighted by Crippen LogP contribution is 2.26. The third kappa shape index (κ3) is 6.22. The number of tetrazole rings is 1. The second kappa shape index (κ2) is 11.7. The summed E-state index contributed by atoms with van der Waals surface area (Å²) in [6.45, 7) is 2.38. The lowest BCUT2D eigenvalue weighted by Gasteiger charge is -2.24. The molecular weight excluding hydrogens is 556 g/mol. The number of nitrogens with one attached hydrogen (secondary N) is 3. The monoisotopic (exact) mass is 578 g/mol. The Morgan fingerprint density at radius 3 is 2.68 bits per heavy atom. The van der Waals surface area contributed by atoms with Gasteiger partial charge in [0.2, 0.25) is 0 Å².